The monoisotopic (exact) mass is 469 g/mol. The lowest BCUT2D eigenvalue weighted by atomic mass is 9.86. The van der Waals surface area contributed by atoms with E-state index in [0.29, 0.717) is 31.6 Å². The van der Waals surface area contributed by atoms with E-state index in [-0.39, 0.29) is 37.3 Å². The first kappa shape index (κ1) is 25.1. The van der Waals surface area contributed by atoms with Crippen molar-refractivity contribution in [2.45, 2.75) is 69.5 Å². The first-order chi connectivity index (χ1) is 15.4. The van der Waals surface area contributed by atoms with Gasteiger partial charge in [-0.2, -0.15) is 0 Å². The van der Waals surface area contributed by atoms with Gasteiger partial charge in [-0.15, -0.1) is 0 Å². The summed E-state index contributed by atoms with van der Waals surface area (Å²) in [6.45, 7) is 0.849. The van der Waals surface area contributed by atoms with Crippen molar-refractivity contribution in [2.24, 2.45) is 11.8 Å². The zero-order valence-corrected chi connectivity index (χ0v) is 19.4. The number of carbonyl (C=O) groups excluding carboxylic acids is 1. The van der Waals surface area contributed by atoms with Gasteiger partial charge in [0.05, 0.1) is 24.5 Å². The summed E-state index contributed by atoms with van der Waals surface area (Å²) < 4.78 is 44.2. The summed E-state index contributed by atoms with van der Waals surface area (Å²) in [5.41, 5.74) is 0. The van der Waals surface area contributed by atoms with Gasteiger partial charge in [0.1, 0.15) is 18.6 Å². The molecule has 180 valence electrons. The predicted molar refractivity (Wildman–Crippen MR) is 120 cm³/mol. The van der Waals surface area contributed by atoms with Crippen LogP contribution in [0.1, 0.15) is 44.9 Å². The molecular weight excluding hydrogens is 434 g/mol. The highest BCUT2D eigenvalue weighted by molar-refractivity contribution is 7.88. The molecule has 1 saturated carbocycles. The third kappa shape index (κ3) is 7.81. The number of rotatable bonds is 12. The molecule has 0 aromatic heterocycles. The van der Waals surface area contributed by atoms with Gasteiger partial charge in [0.25, 0.3) is 0 Å². The van der Waals surface area contributed by atoms with Crippen molar-refractivity contribution in [3.63, 3.8) is 0 Å². The second-order valence-electron chi connectivity index (χ2n) is 8.79. The molecule has 9 heteroatoms. The molecule has 0 spiro atoms. The van der Waals surface area contributed by atoms with Crippen LogP contribution in [0.2, 0.25) is 0 Å². The summed E-state index contributed by atoms with van der Waals surface area (Å²) in [6, 6.07) is 8.79. The molecule has 1 heterocycles. The topological polar surface area (TPSA) is 111 Å². The molecule has 1 saturated heterocycles. The molecule has 2 N–H and O–H groups in total. The maximum absolute atomic E-state index is 11.9. The number of hydrogen-bond donors (Lipinski definition) is 2. The largest absolute Gasteiger partial charge is 0.492 e. The van der Waals surface area contributed by atoms with Crippen LogP contribution < -0.4 is 9.46 Å². The number of aliphatic hydroxyl groups excluding tert-OH is 1. The standard InChI is InChI=1S/C23H35NO7S/c1-32(27,28)24-17(16-30-18-7-3-2-4-8-18)10-11-20-19(12-13-25)21(26)15-22(20)31-23-9-5-6-14-29-23/h2-4,7-8,13,17,19-24,26H,5-6,9-12,14-16H2,1H3. The Kier molecular flexibility index (Phi) is 9.48. The van der Waals surface area contributed by atoms with E-state index >= 15 is 0 Å². The fraction of sp³-hybridized carbons (Fsp3) is 0.696. The molecule has 0 bridgehead atoms. The minimum absolute atomic E-state index is 0.0682. The van der Waals surface area contributed by atoms with Crippen LogP contribution in [0.4, 0.5) is 0 Å². The van der Waals surface area contributed by atoms with Crippen LogP contribution in [0.15, 0.2) is 30.3 Å². The van der Waals surface area contributed by atoms with Crippen LogP contribution in [-0.4, -0.2) is 63.8 Å². The minimum atomic E-state index is -3.43. The molecule has 0 amide bonds. The van der Waals surface area contributed by atoms with E-state index < -0.39 is 22.2 Å². The first-order valence-electron chi connectivity index (χ1n) is 11.4. The highest BCUT2D eigenvalue weighted by atomic mass is 32.2. The summed E-state index contributed by atoms with van der Waals surface area (Å²) in [5, 5.41) is 10.6. The fourth-order valence-electron chi connectivity index (χ4n) is 4.75. The number of sulfonamides is 1. The summed E-state index contributed by atoms with van der Waals surface area (Å²) in [6.07, 6.45) is 5.50. The number of aldehydes is 1. The molecular formula is C23H35NO7S. The van der Waals surface area contributed by atoms with Gasteiger partial charge in [-0.1, -0.05) is 18.2 Å². The van der Waals surface area contributed by atoms with Crippen LogP contribution in [-0.2, 0) is 24.3 Å². The van der Waals surface area contributed by atoms with E-state index in [1.165, 1.54) is 0 Å². The summed E-state index contributed by atoms with van der Waals surface area (Å²) >= 11 is 0. The number of nitrogens with one attached hydrogen (secondary N) is 1. The van der Waals surface area contributed by atoms with Crippen molar-refractivity contribution in [2.75, 3.05) is 19.5 Å². The number of para-hydroxylation sites is 1. The highest BCUT2D eigenvalue weighted by Gasteiger charge is 2.44. The smallest absolute Gasteiger partial charge is 0.209 e. The van der Waals surface area contributed by atoms with Crippen molar-refractivity contribution in [1.29, 1.82) is 0 Å². The molecule has 1 aliphatic heterocycles. The van der Waals surface area contributed by atoms with Crippen molar-refractivity contribution in [1.82, 2.24) is 4.72 Å². The Bertz CT molecular complexity index is 798. The van der Waals surface area contributed by atoms with Gasteiger partial charge in [0.2, 0.25) is 10.0 Å². The van der Waals surface area contributed by atoms with Crippen LogP contribution in [0, 0.1) is 11.8 Å². The first-order valence-corrected chi connectivity index (χ1v) is 13.3. The Balaban J connectivity index is 1.65. The maximum atomic E-state index is 11.9. The Morgan fingerprint density at radius 2 is 2.03 bits per heavy atom. The van der Waals surface area contributed by atoms with E-state index in [4.69, 9.17) is 14.2 Å². The lowest BCUT2D eigenvalue weighted by Crippen LogP contribution is -2.39. The molecule has 3 rings (SSSR count). The molecule has 6 unspecified atom stereocenters. The third-order valence-electron chi connectivity index (χ3n) is 6.25. The van der Waals surface area contributed by atoms with Crippen molar-refractivity contribution in [3.8, 4) is 5.75 Å². The van der Waals surface area contributed by atoms with E-state index in [2.05, 4.69) is 4.72 Å². The van der Waals surface area contributed by atoms with Crippen molar-refractivity contribution >= 4 is 16.3 Å². The van der Waals surface area contributed by atoms with E-state index in [9.17, 15) is 18.3 Å². The zero-order chi connectivity index (χ0) is 23.0. The fourth-order valence-corrected chi connectivity index (χ4v) is 5.54. The maximum Gasteiger partial charge on any atom is 0.209 e. The summed E-state index contributed by atoms with van der Waals surface area (Å²) in [5.74, 6) is 0.384. The van der Waals surface area contributed by atoms with E-state index in [1.807, 2.05) is 30.3 Å². The van der Waals surface area contributed by atoms with Gasteiger partial charge in [0.15, 0.2) is 6.29 Å². The lowest BCUT2D eigenvalue weighted by Gasteiger charge is -2.31. The molecule has 8 nitrogen and oxygen atoms in total. The van der Waals surface area contributed by atoms with Gasteiger partial charge >= 0.3 is 0 Å². The third-order valence-corrected chi connectivity index (χ3v) is 7.01. The SMILES string of the molecule is CS(=O)(=O)NC(CCC1C(OC2CCCCO2)CC(O)C1CC=O)COc1ccccc1. The second-order valence-corrected chi connectivity index (χ2v) is 10.6. The number of carbonyl (C=O) groups is 1. The molecule has 1 aliphatic carbocycles. The van der Waals surface area contributed by atoms with Gasteiger partial charge in [-0.3, -0.25) is 0 Å². The van der Waals surface area contributed by atoms with E-state index in [0.717, 1.165) is 31.8 Å². The summed E-state index contributed by atoms with van der Waals surface area (Å²) in [4.78, 5) is 11.2. The molecule has 6 atom stereocenters. The molecule has 1 aromatic rings. The quantitative estimate of drug-likeness (QED) is 0.452. The second kappa shape index (κ2) is 12.1. The lowest BCUT2D eigenvalue weighted by molar-refractivity contribution is -0.196. The summed E-state index contributed by atoms with van der Waals surface area (Å²) in [7, 11) is -3.43. The Hall–Kier alpha value is -1.52. The van der Waals surface area contributed by atoms with Crippen LogP contribution in [0.3, 0.4) is 0 Å². The number of benzene rings is 1. The van der Waals surface area contributed by atoms with Gasteiger partial charge in [-0.05, 0) is 56.1 Å². The molecule has 0 radical (unpaired) electrons. The molecule has 32 heavy (non-hydrogen) atoms. The van der Waals surface area contributed by atoms with Crippen LogP contribution in [0.25, 0.3) is 0 Å². The number of hydrogen-bond acceptors (Lipinski definition) is 7. The highest BCUT2D eigenvalue weighted by Crippen LogP contribution is 2.40. The van der Waals surface area contributed by atoms with Gasteiger partial charge in [-0.25, -0.2) is 13.1 Å². The zero-order valence-electron chi connectivity index (χ0n) is 18.6. The Morgan fingerprint density at radius 3 is 2.69 bits per heavy atom. The predicted octanol–water partition coefficient (Wildman–Crippen LogP) is 2.26. The molecule has 2 aliphatic rings. The Labute approximate surface area is 190 Å². The van der Waals surface area contributed by atoms with E-state index in [1.54, 1.807) is 0 Å². The number of aliphatic hydroxyl groups is 1. The van der Waals surface area contributed by atoms with Gasteiger partial charge in [0, 0.05) is 19.4 Å². The van der Waals surface area contributed by atoms with Crippen molar-refractivity contribution in [3.05, 3.63) is 30.3 Å². The average Bonchev–Trinajstić information content (AvgIpc) is 3.05. The molecule has 2 fully saturated rings. The minimum Gasteiger partial charge on any atom is -0.492 e. The van der Waals surface area contributed by atoms with Crippen LogP contribution in [0.5, 0.6) is 5.75 Å². The van der Waals surface area contributed by atoms with Crippen LogP contribution >= 0.6 is 0 Å². The van der Waals surface area contributed by atoms with Gasteiger partial charge < -0.3 is 24.1 Å². The molecule has 1 aromatic carbocycles. The average molecular weight is 470 g/mol. The van der Waals surface area contributed by atoms with Crippen molar-refractivity contribution < 1.29 is 32.5 Å². The normalized spacial score (nSPS) is 29.5. The number of ether oxygens (including phenoxy) is 3. The Morgan fingerprint density at radius 1 is 1.25 bits per heavy atom.